The first-order valence-electron chi connectivity index (χ1n) is 7.87. The predicted molar refractivity (Wildman–Crippen MR) is 84.1 cm³/mol. The number of nitrogens with one attached hydrogen (secondary N) is 1. The smallest absolute Gasteiger partial charge is 0.119 e. The molecule has 1 aromatic carbocycles. The van der Waals surface area contributed by atoms with Gasteiger partial charge in [-0.1, -0.05) is 6.92 Å². The Bertz CT molecular complexity index is 407. The van der Waals surface area contributed by atoms with Gasteiger partial charge in [0.25, 0.3) is 0 Å². The Morgan fingerprint density at radius 1 is 1.10 bits per heavy atom. The van der Waals surface area contributed by atoms with E-state index in [2.05, 4.69) is 19.2 Å². The predicted octanol–water partition coefficient (Wildman–Crippen LogP) is 3.01. The maximum absolute atomic E-state index is 5.99. The van der Waals surface area contributed by atoms with Crippen LogP contribution in [-0.2, 0) is 4.74 Å². The standard InChI is InChI=1S/C17H27NO3/c1-4-16-17(10-5-13(2)18-16)21-12-11-20-15-8-6-14(19-3)7-9-15/h6-9,13,16-18H,4-5,10-12H2,1-3H3. The average molecular weight is 293 g/mol. The van der Waals surface area contributed by atoms with Crippen molar-refractivity contribution >= 4 is 0 Å². The van der Waals surface area contributed by atoms with E-state index in [1.807, 2.05) is 24.3 Å². The highest BCUT2D eigenvalue weighted by Crippen LogP contribution is 2.19. The molecule has 3 atom stereocenters. The molecule has 1 aliphatic heterocycles. The second-order valence-electron chi connectivity index (χ2n) is 5.59. The molecule has 1 aliphatic rings. The second-order valence-corrected chi connectivity index (χ2v) is 5.59. The third-order valence-electron chi connectivity index (χ3n) is 4.01. The molecule has 4 nitrogen and oxygen atoms in total. The Morgan fingerprint density at radius 2 is 1.81 bits per heavy atom. The molecule has 0 saturated carbocycles. The molecule has 1 saturated heterocycles. The molecule has 1 N–H and O–H groups in total. The molecule has 1 fully saturated rings. The summed E-state index contributed by atoms with van der Waals surface area (Å²) in [5, 5.41) is 3.61. The summed E-state index contributed by atoms with van der Waals surface area (Å²) in [5.74, 6) is 1.69. The minimum Gasteiger partial charge on any atom is -0.497 e. The van der Waals surface area contributed by atoms with Gasteiger partial charge >= 0.3 is 0 Å². The van der Waals surface area contributed by atoms with Crippen LogP contribution in [0.5, 0.6) is 11.5 Å². The van der Waals surface area contributed by atoms with E-state index in [4.69, 9.17) is 14.2 Å². The van der Waals surface area contributed by atoms with Gasteiger partial charge in [-0.15, -0.1) is 0 Å². The van der Waals surface area contributed by atoms with Crippen LogP contribution in [0.1, 0.15) is 33.1 Å². The van der Waals surface area contributed by atoms with E-state index in [1.165, 1.54) is 6.42 Å². The third-order valence-corrected chi connectivity index (χ3v) is 4.01. The number of hydrogen-bond acceptors (Lipinski definition) is 4. The zero-order valence-electron chi connectivity index (χ0n) is 13.3. The summed E-state index contributed by atoms with van der Waals surface area (Å²) in [6, 6.07) is 8.70. The highest BCUT2D eigenvalue weighted by molar-refractivity contribution is 5.31. The minimum absolute atomic E-state index is 0.311. The van der Waals surface area contributed by atoms with Crippen molar-refractivity contribution in [3.8, 4) is 11.5 Å². The van der Waals surface area contributed by atoms with E-state index in [0.717, 1.165) is 24.3 Å². The summed E-state index contributed by atoms with van der Waals surface area (Å²) in [5.41, 5.74) is 0. The highest BCUT2D eigenvalue weighted by Gasteiger charge is 2.27. The molecule has 21 heavy (non-hydrogen) atoms. The average Bonchev–Trinajstić information content (AvgIpc) is 2.53. The minimum atomic E-state index is 0.311. The van der Waals surface area contributed by atoms with E-state index in [0.29, 0.717) is 31.4 Å². The van der Waals surface area contributed by atoms with Crippen LogP contribution in [0.25, 0.3) is 0 Å². The summed E-state index contributed by atoms with van der Waals surface area (Å²) >= 11 is 0. The van der Waals surface area contributed by atoms with Crippen LogP contribution in [0.3, 0.4) is 0 Å². The molecule has 4 heteroatoms. The Hall–Kier alpha value is -1.26. The molecule has 0 spiro atoms. The maximum Gasteiger partial charge on any atom is 0.119 e. The van der Waals surface area contributed by atoms with Crippen LogP contribution in [0.4, 0.5) is 0 Å². The van der Waals surface area contributed by atoms with Crippen molar-refractivity contribution in [2.24, 2.45) is 0 Å². The van der Waals surface area contributed by atoms with Crippen LogP contribution >= 0.6 is 0 Å². The summed E-state index contributed by atoms with van der Waals surface area (Å²) < 4.78 is 16.8. The third kappa shape index (κ3) is 4.90. The molecule has 1 aromatic rings. The van der Waals surface area contributed by atoms with Crippen LogP contribution < -0.4 is 14.8 Å². The second kappa shape index (κ2) is 8.25. The van der Waals surface area contributed by atoms with Crippen LogP contribution in [0.2, 0.25) is 0 Å². The lowest BCUT2D eigenvalue weighted by Gasteiger charge is -2.35. The Balaban J connectivity index is 1.68. The number of piperidine rings is 1. The molecule has 0 radical (unpaired) electrons. The van der Waals surface area contributed by atoms with Crippen molar-refractivity contribution < 1.29 is 14.2 Å². The van der Waals surface area contributed by atoms with Gasteiger partial charge in [-0.2, -0.15) is 0 Å². The van der Waals surface area contributed by atoms with Crippen molar-refractivity contribution in [2.75, 3.05) is 20.3 Å². The Morgan fingerprint density at radius 3 is 2.48 bits per heavy atom. The lowest BCUT2D eigenvalue weighted by atomic mass is 9.95. The van der Waals surface area contributed by atoms with Crippen LogP contribution in [0.15, 0.2) is 24.3 Å². The van der Waals surface area contributed by atoms with E-state index < -0.39 is 0 Å². The molecule has 2 rings (SSSR count). The summed E-state index contributed by atoms with van der Waals surface area (Å²) in [6.07, 6.45) is 3.73. The normalized spacial score (nSPS) is 25.6. The highest BCUT2D eigenvalue weighted by atomic mass is 16.5. The lowest BCUT2D eigenvalue weighted by molar-refractivity contribution is -0.0121. The van der Waals surface area contributed by atoms with Gasteiger partial charge in [0, 0.05) is 12.1 Å². The van der Waals surface area contributed by atoms with Crippen molar-refractivity contribution in [1.82, 2.24) is 5.32 Å². The van der Waals surface area contributed by atoms with E-state index in [-0.39, 0.29) is 0 Å². The van der Waals surface area contributed by atoms with Crippen molar-refractivity contribution in [3.63, 3.8) is 0 Å². The first-order chi connectivity index (χ1) is 10.2. The first kappa shape index (κ1) is 16.1. The molecular weight excluding hydrogens is 266 g/mol. The van der Waals surface area contributed by atoms with Gasteiger partial charge in [0.05, 0.1) is 19.8 Å². The van der Waals surface area contributed by atoms with Gasteiger partial charge in [0.1, 0.15) is 18.1 Å². The number of rotatable bonds is 7. The monoisotopic (exact) mass is 293 g/mol. The van der Waals surface area contributed by atoms with Crippen LogP contribution in [-0.4, -0.2) is 38.5 Å². The zero-order valence-corrected chi connectivity index (χ0v) is 13.3. The quantitative estimate of drug-likeness (QED) is 0.785. The zero-order chi connectivity index (χ0) is 15.1. The summed E-state index contributed by atoms with van der Waals surface area (Å²) in [4.78, 5) is 0. The molecule has 0 aliphatic carbocycles. The van der Waals surface area contributed by atoms with Gasteiger partial charge in [0.2, 0.25) is 0 Å². The number of methoxy groups -OCH3 is 1. The Kier molecular flexibility index (Phi) is 6.33. The molecule has 118 valence electrons. The largest absolute Gasteiger partial charge is 0.497 e. The SMILES string of the molecule is CCC1NC(C)CCC1OCCOc1ccc(OC)cc1. The summed E-state index contributed by atoms with van der Waals surface area (Å²) in [6.45, 7) is 5.66. The molecule has 3 unspecified atom stereocenters. The molecule has 0 amide bonds. The van der Waals surface area contributed by atoms with Gasteiger partial charge < -0.3 is 19.5 Å². The van der Waals surface area contributed by atoms with E-state index in [9.17, 15) is 0 Å². The van der Waals surface area contributed by atoms with Gasteiger partial charge in [0.15, 0.2) is 0 Å². The fourth-order valence-electron chi connectivity index (χ4n) is 2.78. The lowest BCUT2D eigenvalue weighted by Crippen LogP contribution is -2.50. The van der Waals surface area contributed by atoms with Crippen LogP contribution in [0, 0.1) is 0 Å². The number of benzene rings is 1. The fourth-order valence-corrected chi connectivity index (χ4v) is 2.78. The maximum atomic E-state index is 5.99. The van der Waals surface area contributed by atoms with Gasteiger partial charge in [-0.05, 0) is 50.5 Å². The van der Waals surface area contributed by atoms with Gasteiger partial charge in [-0.25, -0.2) is 0 Å². The van der Waals surface area contributed by atoms with Crippen molar-refractivity contribution in [3.05, 3.63) is 24.3 Å². The molecule has 1 heterocycles. The molecule has 0 aromatic heterocycles. The topological polar surface area (TPSA) is 39.7 Å². The number of ether oxygens (including phenoxy) is 3. The van der Waals surface area contributed by atoms with E-state index in [1.54, 1.807) is 7.11 Å². The van der Waals surface area contributed by atoms with Gasteiger partial charge in [-0.3, -0.25) is 0 Å². The molecular formula is C17H27NO3. The molecule has 0 bridgehead atoms. The Labute approximate surface area is 127 Å². The summed E-state index contributed by atoms with van der Waals surface area (Å²) in [7, 11) is 1.66. The van der Waals surface area contributed by atoms with E-state index >= 15 is 0 Å². The van der Waals surface area contributed by atoms with Crippen molar-refractivity contribution in [2.45, 2.75) is 51.3 Å². The number of hydrogen-bond donors (Lipinski definition) is 1. The fraction of sp³-hybridized carbons (Fsp3) is 0.647. The first-order valence-corrected chi connectivity index (χ1v) is 7.87. The van der Waals surface area contributed by atoms with Crippen molar-refractivity contribution in [1.29, 1.82) is 0 Å².